The van der Waals surface area contributed by atoms with Crippen LogP contribution < -0.4 is 16.4 Å². The fourth-order valence-electron chi connectivity index (χ4n) is 2.85. The van der Waals surface area contributed by atoms with E-state index in [9.17, 15) is 4.79 Å². The first kappa shape index (κ1) is 14.9. The van der Waals surface area contributed by atoms with E-state index in [1.807, 2.05) is 0 Å². The minimum Gasteiger partial charge on any atom is -0.369 e. The van der Waals surface area contributed by atoms with Crippen LogP contribution in [0.3, 0.4) is 0 Å². The van der Waals surface area contributed by atoms with Gasteiger partial charge in [-0.1, -0.05) is 19.1 Å². The summed E-state index contributed by atoms with van der Waals surface area (Å²) >= 11 is 0. The number of benzene rings is 1. The lowest BCUT2D eigenvalue weighted by Crippen LogP contribution is -2.45. The maximum atomic E-state index is 11.4. The van der Waals surface area contributed by atoms with Gasteiger partial charge in [-0.3, -0.25) is 4.79 Å². The predicted octanol–water partition coefficient (Wildman–Crippen LogP) is 2.19. The summed E-state index contributed by atoms with van der Waals surface area (Å²) < 4.78 is 0. The molecule has 1 amide bonds. The van der Waals surface area contributed by atoms with Gasteiger partial charge in [0.1, 0.15) is 0 Å². The fourth-order valence-corrected chi connectivity index (χ4v) is 2.85. The van der Waals surface area contributed by atoms with Crippen molar-refractivity contribution in [3.63, 3.8) is 0 Å². The highest BCUT2D eigenvalue weighted by atomic mass is 16.1. The van der Waals surface area contributed by atoms with Crippen molar-refractivity contribution in [2.45, 2.75) is 45.2 Å². The maximum Gasteiger partial charge on any atom is 0.222 e. The molecule has 0 aromatic heterocycles. The largest absolute Gasteiger partial charge is 0.369 e. The number of hydrogen-bond donors (Lipinski definition) is 2. The quantitative estimate of drug-likeness (QED) is 0.884. The van der Waals surface area contributed by atoms with Gasteiger partial charge in [0.15, 0.2) is 0 Å². The monoisotopic (exact) mass is 275 g/mol. The molecule has 2 unspecified atom stereocenters. The van der Waals surface area contributed by atoms with E-state index in [0.29, 0.717) is 6.04 Å². The molecule has 1 aliphatic rings. The lowest BCUT2D eigenvalue weighted by atomic mass is 9.92. The highest BCUT2D eigenvalue weighted by Gasteiger charge is 2.28. The summed E-state index contributed by atoms with van der Waals surface area (Å²) in [6, 6.07) is 8.92. The molecule has 1 saturated heterocycles. The van der Waals surface area contributed by atoms with Gasteiger partial charge in [-0.05, 0) is 43.9 Å². The topological polar surface area (TPSA) is 72.3 Å². The van der Waals surface area contributed by atoms with Crippen molar-refractivity contribution in [3.8, 4) is 0 Å². The molecule has 1 aliphatic heterocycles. The van der Waals surface area contributed by atoms with Crippen molar-refractivity contribution in [1.82, 2.24) is 0 Å². The summed E-state index contributed by atoms with van der Waals surface area (Å²) in [7, 11) is 0. The zero-order valence-corrected chi connectivity index (χ0v) is 12.4. The fraction of sp³-hybridized carbons (Fsp3) is 0.562. The number of anilines is 1. The molecule has 4 heteroatoms. The van der Waals surface area contributed by atoms with Crippen LogP contribution in [0.25, 0.3) is 0 Å². The Labute approximate surface area is 121 Å². The molecular formula is C16H25N3O. The minimum absolute atomic E-state index is 0.0382. The van der Waals surface area contributed by atoms with Crippen LogP contribution >= 0.6 is 0 Å². The second-order valence-electron chi connectivity index (χ2n) is 5.78. The average molecular weight is 275 g/mol. The van der Waals surface area contributed by atoms with Crippen molar-refractivity contribution in [3.05, 3.63) is 29.8 Å². The first-order chi connectivity index (χ1) is 9.52. The third kappa shape index (κ3) is 3.12. The van der Waals surface area contributed by atoms with Crippen LogP contribution in [-0.2, 0) is 4.79 Å². The van der Waals surface area contributed by atoms with Crippen LogP contribution in [0.5, 0.6) is 0 Å². The normalized spacial score (nSPS) is 24.4. The molecule has 0 bridgehead atoms. The summed E-state index contributed by atoms with van der Waals surface area (Å²) in [6.45, 7) is 5.00. The molecule has 1 aromatic carbocycles. The number of hydrogen-bond acceptors (Lipinski definition) is 3. The van der Waals surface area contributed by atoms with E-state index in [1.54, 1.807) is 0 Å². The molecule has 4 nitrogen and oxygen atoms in total. The highest BCUT2D eigenvalue weighted by molar-refractivity contribution is 5.77. The zero-order valence-electron chi connectivity index (χ0n) is 12.4. The summed E-state index contributed by atoms with van der Waals surface area (Å²) in [5.41, 5.74) is 13.8. The van der Waals surface area contributed by atoms with Crippen molar-refractivity contribution in [1.29, 1.82) is 0 Å². The number of amides is 1. The number of primary amides is 1. The van der Waals surface area contributed by atoms with Gasteiger partial charge in [-0.2, -0.15) is 0 Å². The Morgan fingerprint density at radius 1 is 1.35 bits per heavy atom. The van der Waals surface area contributed by atoms with Gasteiger partial charge in [-0.15, -0.1) is 0 Å². The Morgan fingerprint density at radius 2 is 2.00 bits per heavy atom. The molecule has 4 N–H and O–H groups in total. The molecule has 20 heavy (non-hydrogen) atoms. The molecule has 0 radical (unpaired) electrons. The lowest BCUT2D eigenvalue weighted by molar-refractivity contribution is -0.122. The number of nitrogens with two attached hydrogens (primary N) is 2. The third-order valence-electron chi connectivity index (χ3n) is 4.38. The molecule has 3 atom stereocenters. The van der Waals surface area contributed by atoms with Crippen LogP contribution in [0.1, 0.15) is 44.7 Å². The molecule has 110 valence electrons. The lowest BCUT2D eigenvalue weighted by Gasteiger charge is -2.38. The molecule has 1 fully saturated rings. The summed E-state index contributed by atoms with van der Waals surface area (Å²) in [5, 5.41) is 0. The van der Waals surface area contributed by atoms with Gasteiger partial charge in [-0.25, -0.2) is 0 Å². The van der Waals surface area contributed by atoms with Gasteiger partial charge in [0.05, 0.1) is 5.92 Å². The third-order valence-corrected chi connectivity index (χ3v) is 4.38. The Morgan fingerprint density at radius 3 is 2.55 bits per heavy atom. The van der Waals surface area contributed by atoms with E-state index in [-0.39, 0.29) is 17.9 Å². The Kier molecular flexibility index (Phi) is 4.65. The Bertz CT molecular complexity index is 457. The number of piperidine rings is 1. The first-order valence-electron chi connectivity index (χ1n) is 7.44. The summed E-state index contributed by atoms with van der Waals surface area (Å²) in [4.78, 5) is 13.7. The predicted molar refractivity (Wildman–Crippen MR) is 82.4 cm³/mol. The highest BCUT2D eigenvalue weighted by Crippen LogP contribution is 2.28. The van der Waals surface area contributed by atoms with Gasteiger partial charge >= 0.3 is 0 Å². The van der Waals surface area contributed by atoms with E-state index in [1.165, 1.54) is 0 Å². The minimum atomic E-state index is -0.188. The first-order valence-corrected chi connectivity index (χ1v) is 7.44. The van der Waals surface area contributed by atoms with Crippen molar-refractivity contribution < 1.29 is 4.79 Å². The number of carbonyl (C=O) groups is 1. The Balaban J connectivity index is 2.14. The van der Waals surface area contributed by atoms with Crippen LogP contribution in [0.15, 0.2) is 24.3 Å². The standard InChI is InChI=1S/C16H25N3O/c1-3-15(17)12-6-8-14(9-7-12)19-10-13(16(18)20)5-4-11(19)2/h6-9,11,13,15H,3-5,10,17H2,1-2H3,(H2,18,20)/t11?,13?,15-/m0/s1. The average Bonchev–Trinajstić information content (AvgIpc) is 2.47. The molecule has 2 rings (SSSR count). The van der Waals surface area contributed by atoms with Gasteiger partial charge in [0.25, 0.3) is 0 Å². The van der Waals surface area contributed by atoms with E-state index < -0.39 is 0 Å². The van der Waals surface area contributed by atoms with Crippen molar-refractivity contribution in [2.24, 2.45) is 17.4 Å². The maximum absolute atomic E-state index is 11.4. The SMILES string of the molecule is CC[C@H](N)c1ccc(N2CC(C(N)=O)CCC2C)cc1. The smallest absolute Gasteiger partial charge is 0.222 e. The van der Waals surface area contributed by atoms with Gasteiger partial charge < -0.3 is 16.4 Å². The van der Waals surface area contributed by atoms with Crippen LogP contribution in [0.2, 0.25) is 0 Å². The number of carbonyl (C=O) groups excluding carboxylic acids is 1. The van der Waals surface area contributed by atoms with Gasteiger partial charge in [0.2, 0.25) is 5.91 Å². The molecular weight excluding hydrogens is 250 g/mol. The van der Waals surface area contributed by atoms with Crippen molar-refractivity contribution in [2.75, 3.05) is 11.4 Å². The van der Waals surface area contributed by atoms with Gasteiger partial charge in [0, 0.05) is 24.3 Å². The Hall–Kier alpha value is -1.55. The summed E-state index contributed by atoms with van der Waals surface area (Å²) in [6.07, 6.45) is 2.83. The molecule has 0 spiro atoms. The summed E-state index contributed by atoms with van der Waals surface area (Å²) in [5.74, 6) is -0.227. The van der Waals surface area contributed by atoms with Crippen LogP contribution in [-0.4, -0.2) is 18.5 Å². The number of rotatable bonds is 4. The second kappa shape index (κ2) is 6.27. The molecule has 1 aromatic rings. The molecule has 0 aliphatic carbocycles. The number of nitrogens with zero attached hydrogens (tertiary/aromatic N) is 1. The van der Waals surface area contributed by atoms with E-state index in [2.05, 4.69) is 43.0 Å². The molecule has 0 saturated carbocycles. The van der Waals surface area contributed by atoms with E-state index in [0.717, 1.165) is 37.1 Å². The zero-order chi connectivity index (χ0) is 14.7. The van der Waals surface area contributed by atoms with Crippen LogP contribution in [0, 0.1) is 5.92 Å². The van der Waals surface area contributed by atoms with E-state index in [4.69, 9.17) is 11.5 Å². The van der Waals surface area contributed by atoms with E-state index >= 15 is 0 Å². The van der Waals surface area contributed by atoms with Crippen LogP contribution in [0.4, 0.5) is 5.69 Å². The second-order valence-corrected chi connectivity index (χ2v) is 5.78. The van der Waals surface area contributed by atoms with Crippen molar-refractivity contribution >= 4 is 11.6 Å². The molecule has 1 heterocycles.